The Morgan fingerprint density at radius 1 is 1.25 bits per heavy atom. The fourth-order valence-corrected chi connectivity index (χ4v) is 2.32. The molecule has 1 nitrogen and oxygen atoms in total. The van der Waals surface area contributed by atoms with Crippen molar-refractivity contribution < 1.29 is 0 Å². The first-order chi connectivity index (χ1) is 7.49. The smallest absolute Gasteiger partial charge is 0.0366 e. The van der Waals surface area contributed by atoms with E-state index in [0.29, 0.717) is 6.04 Å². The second kappa shape index (κ2) is 5.49. The van der Waals surface area contributed by atoms with Gasteiger partial charge in [0.2, 0.25) is 0 Å². The third kappa shape index (κ3) is 3.34. The van der Waals surface area contributed by atoms with E-state index in [1.807, 2.05) is 7.05 Å². The molecule has 1 atom stereocenters. The van der Waals surface area contributed by atoms with Gasteiger partial charge in [-0.3, -0.25) is 0 Å². The molecule has 1 rings (SSSR count). The molecular formula is C15H25N. The van der Waals surface area contributed by atoms with Gasteiger partial charge in [-0.25, -0.2) is 0 Å². The Labute approximate surface area is 100 Å². The van der Waals surface area contributed by atoms with Crippen LogP contribution >= 0.6 is 0 Å². The van der Waals surface area contributed by atoms with Crippen LogP contribution in [0.1, 0.15) is 51.3 Å². The molecule has 0 fully saturated rings. The van der Waals surface area contributed by atoms with E-state index < -0.39 is 0 Å². The summed E-state index contributed by atoms with van der Waals surface area (Å²) in [5, 5.41) is 3.43. The third-order valence-corrected chi connectivity index (χ3v) is 2.98. The van der Waals surface area contributed by atoms with E-state index in [4.69, 9.17) is 0 Å². The molecule has 0 amide bonds. The van der Waals surface area contributed by atoms with Crippen molar-refractivity contribution >= 4 is 0 Å². The molecule has 1 heteroatoms. The molecule has 0 saturated heterocycles. The zero-order valence-electron chi connectivity index (χ0n) is 11.3. The largest absolute Gasteiger partial charge is 0.313 e. The molecule has 0 radical (unpaired) electrons. The molecule has 0 heterocycles. The normalized spacial score (nSPS) is 13.8. The number of hydrogen-bond acceptors (Lipinski definition) is 1. The summed E-state index contributed by atoms with van der Waals surface area (Å²) in [6, 6.07) is 9.39. The first-order valence-electron chi connectivity index (χ1n) is 6.25. The average molecular weight is 219 g/mol. The van der Waals surface area contributed by atoms with Crippen LogP contribution in [0.25, 0.3) is 0 Å². The lowest BCUT2D eigenvalue weighted by molar-refractivity contribution is 0.287. The highest BCUT2D eigenvalue weighted by Crippen LogP contribution is 2.32. The topological polar surface area (TPSA) is 12.0 Å². The van der Waals surface area contributed by atoms with E-state index in [9.17, 15) is 0 Å². The van der Waals surface area contributed by atoms with Crippen LogP contribution < -0.4 is 5.32 Å². The molecule has 0 aliphatic heterocycles. The monoisotopic (exact) mass is 219 g/mol. The van der Waals surface area contributed by atoms with Crippen molar-refractivity contribution in [2.45, 2.75) is 46.6 Å². The van der Waals surface area contributed by atoms with Gasteiger partial charge in [-0.1, -0.05) is 58.4 Å². The highest BCUT2D eigenvalue weighted by Gasteiger charge is 2.24. The third-order valence-electron chi connectivity index (χ3n) is 2.98. The number of nitrogens with one attached hydrogen (secondary N) is 1. The summed E-state index contributed by atoms with van der Waals surface area (Å²) in [5.74, 6) is 0. The molecule has 0 saturated carbocycles. The summed E-state index contributed by atoms with van der Waals surface area (Å²) in [5.41, 5.74) is 3.10. The SMILES string of the molecule is CCCc1cccc(C(NC)C(C)(C)C)c1. The molecule has 0 aromatic heterocycles. The molecule has 0 aliphatic carbocycles. The molecular weight excluding hydrogens is 194 g/mol. The Bertz CT molecular complexity index is 322. The van der Waals surface area contributed by atoms with Gasteiger partial charge in [0.25, 0.3) is 0 Å². The Kier molecular flexibility index (Phi) is 4.55. The van der Waals surface area contributed by atoms with Crippen molar-refractivity contribution in [3.63, 3.8) is 0 Å². The number of hydrogen-bond donors (Lipinski definition) is 1. The molecule has 1 unspecified atom stereocenters. The van der Waals surface area contributed by atoms with Crippen molar-refractivity contribution in [1.82, 2.24) is 5.32 Å². The fourth-order valence-electron chi connectivity index (χ4n) is 2.32. The molecule has 90 valence electrons. The van der Waals surface area contributed by atoms with Crippen molar-refractivity contribution in [3.8, 4) is 0 Å². The Balaban J connectivity index is 2.97. The predicted octanol–water partition coefficient (Wildman–Crippen LogP) is 3.95. The van der Waals surface area contributed by atoms with Gasteiger partial charge >= 0.3 is 0 Å². The van der Waals surface area contributed by atoms with Crippen molar-refractivity contribution in [2.24, 2.45) is 5.41 Å². The van der Waals surface area contributed by atoms with Crippen LogP contribution in [0, 0.1) is 5.41 Å². The minimum Gasteiger partial charge on any atom is -0.313 e. The number of aryl methyl sites for hydroxylation is 1. The van der Waals surface area contributed by atoms with Gasteiger partial charge in [-0.05, 0) is 30.0 Å². The maximum atomic E-state index is 3.43. The number of benzene rings is 1. The highest BCUT2D eigenvalue weighted by molar-refractivity contribution is 5.27. The zero-order chi connectivity index (χ0) is 12.2. The van der Waals surface area contributed by atoms with Crippen LogP contribution in [-0.2, 0) is 6.42 Å². The molecule has 0 spiro atoms. The summed E-state index contributed by atoms with van der Waals surface area (Å²) in [6.45, 7) is 9.06. The summed E-state index contributed by atoms with van der Waals surface area (Å²) >= 11 is 0. The molecule has 16 heavy (non-hydrogen) atoms. The van der Waals surface area contributed by atoms with Gasteiger partial charge in [0.05, 0.1) is 0 Å². The van der Waals surface area contributed by atoms with Crippen LogP contribution in [0.15, 0.2) is 24.3 Å². The Morgan fingerprint density at radius 2 is 1.94 bits per heavy atom. The van der Waals surface area contributed by atoms with E-state index in [1.165, 1.54) is 24.0 Å². The second-order valence-electron chi connectivity index (χ2n) is 5.58. The Hall–Kier alpha value is -0.820. The van der Waals surface area contributed by atoms with E-state index >= 15 is 0 Å². The fraction of sp³-hybridized carbons (Fsp3) is 0.600. The zero-order valence-corrected chi connectivity index (χ0v) is 11.3. The predicted molar refractivity (Wildman–Crippen MR) is 71.7 cm³/mol. The van der Waals surface area contributed by atoms with E-state index in [2.05, 4.69) is 57.3 Å². The summed E-state index contributed by atoms with van der Waals surface area (Å²) in [6.07, 6.45) is 2.39. The molecule has 0 aliphatic rings. The standard InChI is InChI=1S/C15H25N/c1-6-8-12-9-7-10-13(11-12)14(16-5)15(2,3)4/h7,9-11,14,16H,6,8H2,1-5H3. The maximum Gasteiger partial charge on any atom is 0.0366 e. The summed E-state index contributed by atoms with van der Waals surface area (Å²) in [4.78, 5) is 0. The van der Waals surface area contributed by atoms with Crippen LogP contribution in [0.2, 0.25) is 0 Å². The molecule has 1 N–H and O–H groups in total. The average Bonchev–Trinajstić information content (AvgIpc) is 2.17. The van der Waals surface area contributed by atoms with E-state index in [-0.39, 0.29) is 5.41 Å². The van der Waals surface area contributed by atoms with E-state index in [1.54, 1.807) is 0 Å². The van der Waals surface area contributed by atoms with Gasteiger partial charge in [-0.15, -0.1) is 0 Å². The van der Waals surface area contributed by atoms with Gasteiger partial charge in [-0.2, -0.15) is 0 Å². The van der Waals surface area contributed by atoms with Crippen molar-refractivity contribution in [1.29, 1.82) is 0 Å². The van der Waals surface area contributed by atoms with Crippen molar-refractivity contribution in [3.05, 3.63) is 35.4 Å². The first-order valence-corrected chi connectivity index (χ1v) is 6.25. The van der Waals surface area contributed by atoms with Crippen LogP contribution in [0.4, 0.5) is 0 Å². The minimum absolute atomic E-state index is 0.250. The summed E-state index contributed by atoms with van der Waals surface area (Å²) < 4.78 is 0. The quantitative estimate of drug-likeness (QED) is 0.808. The molecule has 1 aromatic rings. The lowest BCUT2D eigenvalue weighted by Gasteiger charge is -2.31. The second-order valence-corrected chi connectivity index (χ2v) is 5.58. The lowest BCUT2D eigenvalue weighted by Crippen LogP contribution is -2.29. The first kappa shape index (κ1) is 13.2. The van der Waals surface area contributed by atoms with Crippen LogP contribution in [0.3, 0.4) is 0 Å². The molecule has 1 aromatic carbocycles. The van der Waals surface area contributed by atoms with Gasteiger partial charge < -0.3 is 5.32 Å². The maximum absolute atomic E-state index is 3.43. The van der Waals surface area contributed by atoms with Crippen molar-refractivity contribution in [2.75, 3.05) is 7.05 Å². The van der Waals surface area contributed by atoms with Gasteiger partial charge in [0.1, 0.15) is 0 Å². The molecule has 0 bridgehead atoms. The summed E-state index contributed by atoms with van der Waals surface area (Å²) in [7, 11) is 2.04. The number of rotatable bonds is 4. The highest BCUT2D eigenvalue weighted by atomic mass is 14.9. The van der Waals surface area contributed by atoms with E-state index in [0.717, 1.165) is 0 Å². The van der Waals surface area contributed by atoms with Gasteiger partial charge in [0, 0.05) is 6.04 Å². The van der Waals surface area contributed by atoms with Gasteiger partial charge in [0.15, 0.2) is 0 Å². The van der Waals surface area contributed by atoms with Crippen LogP contribution in [0.5, 0.6) is 0 Å². The van der Waals surface area contributed by atoms with Crippen LogP contribution in [-0.4, -0.2) is 7.05 Å². The minimum atomic E-state index is 0.250. The Morgan fingerprint density at radius 3 is 2.44 bits per heavy atom. The lowest BCUT2D eigenvalue weighted by atomic mass is 9.82.